The minimum Gasteiger partial charge on any atom is -0.377 e. The van der Waals surface area contributed by atoms with Crippen molar-refractivity contribution >= 4 is 27.3 Å². The summed E-state index contributed by atoms with van der Waals surface area (Å²) in [4.78, 5) is 1.31. The number of hydrogen-bond donors (Lipinski definition) is 2. The second kappa shape index (κ2) is 6.85. The lowest BCUT2D eigenvalue weighted by atomic mass is 9.86. The zero-order valence-electron chi connectivity index (χ0n) is 10.6. The van der Waals surface area contributed by atoms with Gasteiger partial charge < -0.3 is 4.74 Å². The van der Waals surface area contributed by atoms with E-state index in [1.54, 1.807) is 18.4 Å². The summed E-state index contributed by atoms with van der Waals surface area (Å²) in [5, 5.41) is 2.09. The van der Waals surface area contributed by atoms with E-state index in [-0.39, 0.29) is 11.6 Å². The van der Waals surface area contributed by atoms with Crippen LogP contribution < -0.4 is 11.3 Å². The lowest BCUT2D eigenvalue weighted by molar-refractivity contribution is -0.0471. The Morgan fingerprint density at radius 3 is 2.53 bits per heavy atom. The summed E-state index contributed by atoms with van der Waals surface area (Å²) in [6.45, 7) is 4.28. The van der Waals surface area contributed by atoms with Crippen molar-refractivity contribution in [1.29, 1.82) is 0 Å². The maximum absolute atomic E-state index is 5.72. The van der Waals surface area contributed by atoms with E-state index in [0.717, 1.165) is 23.7 Å². The van der Waals surface area contributed by atoms with Crippen LogP contribution in [0.15, 0.2) is 15.9 Å². The first-order chi connectivity index (χ1) is 8.11. The molecule has 5 heteroatoms. The Labute approximate surface area is 116 Å². The van der Waals surface area contributed by atoms with Gasteiger partial charge in [0.1, 0.15) is 0 Å². The summed E-state index contributed by atoms with van der Waals surface area (Å²) in [5.41, 5.74) is 2.73. The molecular formula is C12H21BrN2OS. The number of ether oxygens (including phenoxy) is 1. The van der Waals surface area contributed by atoms with Gasteiger partial charge in [0.05, 0.1) is 11.6 Å². The van der Waals surface area contributed by atoms with E-state index in [2.05, 4.69) is 46.6 Å². The predicted octanol–water partition coefficient (Wildman–Crippen LogP) is 3.09. The highest BCUT2D eigenvalue weighted by Crippen LogP contribution is 2.29. The molecule has 0 aliphatic rings. The summed E-state index contributed by atoms with van der Waals surface area (Å²) in [5.74, 6) is 5.70. The van der Waals surface area contributed by atoms with Gasteiger partial charge in [0.15, 0.2) is 0 Å². The molecule has 0 saturated carbocycles. The Kier molecular flexibility index (Phi) is 6.09. The summed E-state index contributed by atoms with van der Waals surface area (Å²) in [6.07, 6.45) is 2.78. The van der Waals surface area contributed by atoms with Crippen molar-refractivity contribution in [3.63, 3.8) is 0 Å². The Morgan fingerprint density at radius 1 is 1.53 bits per heavy atom. The van der Waals surface area contributed by atoms with Gasteiger partial charge in [0.25, 0.3) is 0 Å². The van der Waals surface area contributed by atoms with Crippen LogP contribution in [0, 0.1) is 0 Å². The maximum atomic E-state index is 5.72. The highest BCUT2D eigenvalue weighted by atomic mass is 79.9. The summed E-state index contributed by atoms with van der Waals surface area (Å²) < 4.78 is 6.85. The molecule has 98 valence electrons. The number of hydrogen-bond acceptors (Lipinski definition) is 4. The van der Waals surface area contributed by atoms with E-state index >= 15 is 0 Å². The molecule has 0 aliphatic heterocycles. The third kappa shape index (κ3) is 3.51. The molecule has 0 spiro atoms. The second-order valence-electron chi connectivity index (χ2n) is 4.13. The summed E-state index contributed by atoms with van der Waals surface area (Å²) in [7, 11) is 1.77. The topological polar surface area (TPSA) is 47.3 Å². The van der Waals surface area contributed by atoms with Gasteiger partial charge in [0.2, 0.25) is 0 Å². The van der Waals surface area contributed by atoms with Crippen LogP contribution in [0.2, 0.25) is 0 Å². The first-order valence-corrected chi connectivity index (χ1v) is 7.53. The standard InChI is InChI=1S/C12H21BrN2OS/c1-4-12(5-2,16-3)11(15-14)7-10-6-9(13)8-17-10/h6,8,11,15H,4-5,7,14H2,1-3H3. The van der Waals surface area contributed by atoms with Crippen LogP contribution in [0.4, 0.5) is 0 Å². The lowest BCUT2D eigenvalue weighted by Crippen LogP contribution is -2.55. The van der Waals surface area contributed by atoms with Crippen LogP contribution in [0.5, 0.6) is 0 Å². The summed E-state index contributed by atoms with van der Waals surface area (Å²) in [6, 6.07) is 2.27. The van der Waals surface area contributed by atoms with Gasteiger partial charge in [-0.3, -0.25) is 11.3 Å². The number of thiophene rings is 1. The van der Waals surface area contributed by atoms with Gasteiger partial charge in [0, 0.05) is 28.3 Å². The minimum absolute atomic E-state index is 0.132. The fourth-order valence-electron chi connectivity index (χ4n) is 2.23. The number of hydrazine groups is 1. The van der Waals surface area contributed by atoms with E-state index in [1.807, 2.05) is 0 Å². The van der Waals surface area contributed by atoms with Gasteiger partial charge in [-0.1, -0.05) is 13.8 Å². The van der Waals surface area contributed by atoms with Crippen LogP contribution in [0.3, 0.4) is 0 Å². The van der Waals surface area contributed by atoms with Gasteiger partial charge >= 0.3 is 0 Å². The zero-order chi connectivity index (χ0) is 12.9. The SMILES string of the molecule is CCC(CC)(OC)C(Cc1cc(Br)cs1)NN. The molecule has 1 heterocycles. The minimum atomic E-state index is -0.189. The fraction of sp³-hybridized carbons (Fsp3) is 0.667. The van der Waals surface area contributed by atoms with E-state index in [4.69, 9.17) is 10.6 Å². The molecule has 3 nitrogen and oxygen atoms in total. The Morgan fingerprint density at radius 2 is 2.18 bits per heavy atom. The van der Waals surface area contributed by atoms with E-state index in [0.29, 0.717) is 0 Å². The molecule has 1 atom stereocenters. The number of rotatable bonds is 7. The Bertz CT molecular complexity index is 331. The molecule has 0 aromatic carbocycles. The third-order valence-corrected chi connectivity index (χ3v) is 5.19. The van der Waals surface area contributed by atoms with E-state index in [1.165, 1.54) is 4.88 Å². The second-order valence-corrected chi connectivity index (χ2v) is 6.04. The average molecular weight is 321 g/mol. The van der Waals surface area contributed by atoms with Crippen molar-refractivity contribution in [1.82, 2.24) is 5.43 Å². The molecule has 0 saturated heterocycles. The van der Waals surface area contributed by atoms with Crippen LogP contribution in [-0.2, 0) is 11.2 Å². The zero-order valence-corrected chi connectivity index (χ0v) is 13.0. The highest BCUT2D eigenvalue weighted by Gasteiger charge is 2.35. The molecular weight excluding hydrogens is 300 g/mol. The van der Waals surface area contributed by atoms with Crippen molar-refractivity contribution < 1.29 is 4.74 Å². The molecule has 0 radical (unpaired) electrons. The fourth-order valence-corrected chi connectivity index (χ4v) is 3.73. The van der Waals surface area contributed by atoms with Crippen molar-refractivity contribution in [2.24, 2.45) is 5.84 Å². The molecule has 0 bridgehead atoms. The monoisotopic (exact) mass is 320 g/mol. The maximum Gasteiger partial charge on any atom is 0.0842 e. The molecule has 0 aliphatic carbocycles. The number of methoxy groups -OCH3 is 1. The van der Waals surface area contributed by atoms with Crippen molar-refractivity contribution in [2.75, 3.05) is 7.11 Å². The molecule has 3 N–H and O–H groups in total. The number of nitrogens with two attached hydrogens (primary N) is 1. The van der Waals surface area contributed by atoms with Crippen LogP contribution in [0.25, 0.3) is 0 Å². The molecule has 0 fully saturated rings. The Hall–Kier alpha value is 0.0600. The van der Waals surface area contributed by atoms with Gasteiger partial charge in [-0.05, 0) is 34.8 Å². The van der Waals surface area contributed by atoms with Gasteiger partial charge in [-0.2, -0.15) is 0 Å². The first kappa shape index (κ1) is 15.1. The smallest absolute Gasteiger partial charge is 0.0842 e. The van der Waals surface area contributed by atoms with Crippen molar-refractivity contribution in [2.45, 2.75) is 44.8 Å². The lowest BCUT2D eigenvalue weighted by Gasteiger charge is -2.38. The number of halogens is 1. The molecule has 17 heavy (non-hydrogen) atoms. The average Bonchev–Trinajstić information content (AvgIpc) is 2.76. The molecule has 1 aromatic rings. The van der Waals surface area contributed by atoms with E-state index in [9.17, 15) is 0 Å². The first-order valence-electron chi connectivity index (χ1n) is 5.86. The molecule has 1 unspecified atom stereocenters. The third-order valence-electron chi connectivity index (χ3n) is 3.47. The van der Waals surface area contributed by atoms with Gasteiger partial charge in [-0.15, -0.1) is 11.3 Å². The van der Waals surface area contributed by atoms with Crippen LogP contribution in [-0.4, -0.2) is 18.8 Å². The van der Waals surface area contributed by atoms with Crippen LogP contribution >= 0.6 is 27.3 Å². The summed E-state index contributed by atoms with van der Waals surface area (Å²) >= 11 is 5.22. The predicted molar refractivity (Wildman–Crippen MR) is 77.2 cm³/mol. The normalized spacial score (nSPS) is 13.9. The van der Waals surface area contributed by atoms with E-state index < -0.39 is 0 Å². The van der Waals surface area contributed by atoms with Crippen molar-refractivity contribution in [3.8, 4) is 0 Å². The molecule has 1 rings (SSSR count). The van der Waals surface area contributed by atoms with Crippen molar-refractivity contribution in [3.05, 3.63) is 20.8 Å². The number of nitrogens with one attached hydrogen (secondary N) is 1. The Balaban J connectivity index is 2.82. The van der Waals surface area contributed by atoms with Crippen LogP contribution in [0.1, 0.15) is 31.6 Å². The highest BCUT2D eigenvalue weighted by molar-refractivity contribution is 9.10. The molecule has 0 amide bonds. The largest absolute Gasteiger partial charge is 0.377 e. The van der Waals surface area contributed by atoms with Gasteiger partial charge in [-0.25, -0.2) is 0 Å². The molecule has 1 aromatic heterocycles. The quantitative estimate of drug-likeness (QED) is 0.599.